The summed E-state index contributed by atoms with van der Waals surface area (Å²) < 4.78 is 1.63. The van der Waals surface area contributed by atoms with Crippen molar-refractivity contribution in [3.63, 3.8) is 0 Å². The van der Waals surface area contributed by atoms with Crippen molar-refractivity contribution in [3.05, 3.63) is 53.6 Å². The summed E-state index contributed by atoms with van der Waals surface area (Å²) in [4.78, 5) is 22.1. The molecule has 1 aliphatic rings. The van der Waals surface area contributed by atoms with Gasteiger partial charge in [-0.05, 0) is 44.0 Å². The lowest BCUT2D eigenvalue weighted by Crippen LogP contribution is -2.26. The molecule has 0 saturated carbocycles. The van der Waals surface area contributed by atoms with Crippen LogP contribution in [0.25, 0.3) is 5.69 Å². The van der Waals surface area contributed by atoms with Gasteiger partial charge in [-0.1, -0.05) is 0 Å². The number of amides is 1. The van der Waals surface area contributed by atoms with E-state index in [9.17, 15) is 4.79 Å². The van der Waals surface area contributed by atoms with E-state index in [-0.39, 0.29) is 18.3 Å². The second-order valence-corrected chi connectivity index (χ2v) is 6.99. The van der Waals surface area contributed by atoms with Gasteiger partial charge in [0.1, 0.15) is 0 Å². The Balaban J connectivity index is 0.00000196. The molecular formula is C17H19ClN6OS. The maximum absolute atomic E-state index is 12.4. The van der Waals surface area contributed by atoms with Crippen molar-refractivity contribution in [3.8, 4) is 5.69 Å². The SMILES string of the molecule is Cl.O=C(Nc1ncc(C2CCNCC2)s1)c1cnn(-c2cccnc2)c1. The molecular weight excluding hydrogens is 372 g/mol. The van der Waals surface area contributed by atoms with Gasteiger partial charge in [0.05, 0.1) is 23.6 Å². The molecule has 0 atom stereocenters. The summed E-state index contributed by atoms with van der Waals surface area (Å²) in [5.74, 6) is 0.332. The molecule has 4 heterocycles. The number of halogens is 1. The normalized spacial score (nSPS) is 14.6. The van der Waals surface area contributed by atoms with E-state index in [0.717, 1.165) is 31.6 Å². The molecule has 1 fully saturated rings. The molecule has 0 radical (unpaired) electrons. The van der Waals surface area contributed by atoms with Crippen molar-refractivity contribution >= 4 is 34.8 Å². The quantitative estimate of drug-likeness (QED) is 0.715. The first kappa shape index (κ1) is 18.5. The number of carbonyl (C=O) groups is 1. The average Bonchev–Trinajstić information content (AvgIpc) is 3.33. The maximum Gasteiger partial charge on any atom is 0.260 e. The molecule has 2 N–H and O–H groups in total. The Kier molecular flexibility index (Phi) is 5.97. The van der Waals surface area contributed by atoms with Gasteiger partial charge in [0.2, 0.25) is 0 Å². The van der Waals surface area contributed by atoms with Crippen molar-refractivity contribution in [2.45, 2.75) is 18.8 Å². The van der Waals surface area contributed by atoms with Gasteiger partial charge in [-0.3, -0.25) is 15.1 Å². The highest BCUT2D eigenvalue weighted by Gasteiger charge is 2.19. The topological polar surface area (TPSA) is 84.7 Å². The lowest BCUT2D eigenvalue weighted by atomic mass is 9.97. The standard InChI is InChI=1S/C17H18N6OS.ClH/c24-16(13-8-21-23(11-13)14-2-1-5-19-9-14)22-17-20-10-15(25-17)12-3-6-18-7-4-12;/h1-2,5,8-12,18H,3-4,6-7H2,(H,20,22,24);1H. The maximum atomic E-state index is 12.4. The summed E-state index contributed by atoms with van der Waals surface area (Å²) in [6.45, 7) is 2.08. The Morgan fingerprint density at radius 2 is 2.12 bits per heavy atom. The summed E-state index contributed by atoms with van der Waals surface area (Å²) in [6, 6.07) is 3.71. The molecule has 1 saturated heterocycles. The second kappa shape index (κ2) is 8.39. The summed E-state index contributed by atoms with van der Waals surface area (Å²) in [7, 11) is 0. The second-order valence-electron chi connectivity index (χ2n) is 5.93. The van der Waals surface area contributed by atoms with Crippen molar-refractivity contribution in [2.24, 2.45) is 0 Å². The van der Waals surface area contributed by atoms with Crippen LogP contribution in [0.3, 0.4) is 0 Å². The molecule has 0 bridgehead atoms. The molecule has 4 rings (SSSR count). The highest BCUT2D eigenvalue weighted by Crippen LogP contribution is 2.31. The van der Waals surface area contributed by atoms with Crippen molar-refractivity contribution in [1.29, 1.82) is 0 Å². The molecule has 0 aromatic carbocycles. The predicted molar refractivity (Wildman–Crippen MR) is 104 cm³/mol. The first-order valence-electron chi connectivity index (χ1n) is 8.22. The Labute approximate surface area is 161 Å². The Morgan fingerprint density at radius 3 is 2.88 bits per heavy atom. The summed E-state index contributed by atoms with van der Waals surface area (Å²) in [5.41, 5.74) is 1.30. The van der Waals surface area contributed by atoms with Gasteiger partial charge in [0, 0.05) is 23.5 Å². The number of carbonyl (C=O) groups excluding carboxylic acids is 1. The third kappa shape index (κ3) is 4.09. The van der Waals surface area contributed by atoms with Crippen LogP contribution in [0.2, 0.25) is 0 Å². The summed E-state index contributed by atoms with van der Waals surface area (Å²) in [6.07, 6.45) is 10.7. The van der Waals surface area contributed by atoms with Gasteiger partial charge in [-0.25, -0.2) is 9.67 Å². The molecule has 0 aliphatic carbocycles. The number of piperidine rings is 1. The molecule has 1 aliphatic heterocycles. The first-order chi connectivity index (χ1) is 12.3. The number of nitrogens with one attached hydrogen (secondary N) is 2. The Morgan fingerprint density at radius 1 is 1.27 bits per heavy atom. The van der Waals surface area contributed by atoms with Crippen LogP contribution in [0.1, 0.15) is 34.0 Å². The third-order valence-electron chi connectivity index (χ3n) is 4.24. The number of thiazole rings is 1. The molecule has 136 valence electrons. The van der Waals surface area contributed by atoms with Gasteiger partial charge in [0.15, 0.2) is 5.13 Å². The van der Waals surface area contributed by atoms with Crippen molar-refractivity contribution in [1.82, 2.24) is 25.1 Å². The fourth-order valence-corrected chi connectivity index (χ4v) is 3.86. The molecule has 26 heavy (non-hydrogen) atoms. The number of aromatic nitrogens is 4. The highest BCUT2D eigenvalue weighted by atomic mass is 35.5. The third-order valence-corrected chi connectivity index (χ3v) is 5.32. The van der Waals surface area contributed by atoms with E-state index in [4.69, 9.17) is 0 Å². The zero-order valence-electron chi connectivity index (χ0n) is 14.0. The number of hydrogen-bond acceptors (Lipinski definition) is 6. The van der Waals surface area contributed by atoms with Crippen molar-refractivity contribution < 1.29 is 4.79 Å². The first-order valence-corrected chi connectivity index (χ1v) is 9.04. The predicted octanol–water partition coefficient (Wildman–Crippen LogP) is 2.86. The molecule has 0 spiro atoms. The van der Waals surface area contributed by atoms with E-state index < -0.39 is 0 Å². The molecule has 0 unspecified atom stereocenters. The lowest BCUT2D eigenvalue weighted by Gasteiger charge is -2.20. The fraction of sp³-hybridized carbons (Fsp3) is 0.294. The van der Waals surface area contributed by atoms with E-state index in [1.807, 2.05) is 18.3 Å². The largest absolute Gasteiger partial charge is 0.317 e. The summed E-state index contributed by atoms with van der Waals surface area (Å²) >= 11 is 1.56. The molecule has 3 aromatic rings. The minimum absolute atomic E-state index is 0. The smallest absolute Gasteiger partial charge is 0.260 e. The number of hydrogen-bond donors (Lipinski definition) is 2. The monoisotopic (exact) mass is 390 g/mol. The minimum atomic E-state index is -0.207. The number of rotatable bonds is 4. The van der Waals surface area contributed by atoms with Crippen LogP contribution in [0.5, 0.6) is 0 Å². The van der Waals surface area contributed by atoms with Crippen molar-refractivity contribution in [2.75, 3.05) is 18.4 Å². The van der Waals surface area contributed by atoms with E-state index >= 15 is 0 Å². The van der Waals surface area contributed by atoms with E-state index in [2.05, 4.69) is 25.7 Å². The van der Waals surface area contributed by atoms with Crippen LogP contribution >= 0.6 is 23.7 Å². The fourth-order valence-electron chi connectivity index (χ4n) is 2.88. The molecule has 9 heteroatoms. The van der Waals surface area contributed by atoms with Crippen LogP contribution in [0.15, 0.2) is 43.1 Å². The zero-order chi connectivity index (χ0) is 17.1. The average molecular weight is 391 g/mol. The van der Waals surface area contributed by atoms with Crippen LogP contribution in [-0.2, 0) is 0 Å². The van der Waals surface area contributed by atoms with Crippen LogP contribution in [0, 0.1) is 0 Å². The number of nitrogens with zero attached hydrogens (tertiary/aromatic N) is 4. The van der Waals surface area contributed by atoms with E-state index in [1.165, 1.54) is 4.88 Å². The molecule has 1 amide bonds. The summed E-state index contributed by atoms with van der Waals surface area (Å²) in [5, 5.41) is 11.1. The number of anilines is 1. The Bertz CT molecular complexity index is 859. The van der Waals surface area contributed by atoms with Gasteiger partial charge in [0.25, 0.3) is 5.91 Å². The van der Waals surface area contributed by atoms with E-state index in [1.54, 1.807) is 40.8 Å². The molecule has 3 aromatic heterocycles. The number of pyridine rings is 1. The lowest BCUT2D eigenvalue weighted by molar-refractivity contribution is 0.102. The zero-order valence-corrected chi connectivity index (χ0v) is 15.6. The minimum Gasteiger partial charge on any atom is -0.317 e. The van der Waals surface area contributed by atoms with Gasteiger partial charge in [-0.15, -0.1) is 23.7 Å². The van der Waals surface area contributed by atoms with Gasteiger partial charge < -0.3 is 5.32 Å². The Hall–Kier alpha value is -2.29. The van der Waals surface area contributed by atoms with Crippen LogP contribution in [0.4, 0.5) is 5.13 Å². The van der Waals surface area contributed by atoms with E-state index in [0.29, 0.717) is 16.6 Å². The molecule has 7 nitrogen and oxygen atoms in total. The highest BCUT2D eigenvalue weighted by molar-refractivity contribution is 7.15. The van der Waals surface area contributed by atoms with Gasteiger partial charge in [-0.2, -0.15) is 5.10 Å². The van der Waals surface area contributed by atoms with Gasteiger partial charge >= 0.3 is 0 Å². The van der Waals surface area contributed by atoms with Crippen LogP contribution < -0.4 is 10.6 Å². The van der Waals surface area contributed by atoms with Crippen LogP contribution in [-0.4, -0.2) is 38.7 Å².